The van der Waals surface area contributed by atoms with E-state index in [0.29, 0.717) is 16.9 Å². The number of hydrogen-bond donors (Lipinski definition) is 1. The van der Waals surface area contributed by atoms with E-state index in [1.54, 1.807) is 42.5 Å². The van der Waals surface area contributed by atoms with Crippen LogP contribution in [0.5, 0.6) is 0 Å². The maximum atomic E-state index is 11.3. The first-order chi connectivity index (χ1) is 10.6. The molecule has 0 saturated carbocycles. The lowest BCUT2D eigenvalue weighted by Crippen LogP contribution is -2.01. The van der Waals surface area contributed by atoms with E-state index >= 15 is 0 Å². The Morgan fingerprint density at radius 3 is 2.23 bits per heavy atom. The van der Waals surface area contributed by atoms with Crippen molar-refractivity contribution in [3.8, 4) is 0 Å². The Labute approximate surface area is 128 Å². The molecular formula is C16H18N2O4. The molecule has 0 unspecified atom stereocenters. The number of hydrogen-bond acceptors (Lipinski definition) is 5. The SMILES string of the molecule is CC.COC(=O)c1ccc(Nc2ccccc2[N+](=O)[O-])cc1. The maximum Gasteiger partial charge on any atom is 0.337 e. The molecule has 0 atom stereocenters. The minimum absolute atomic E-state index is 0.00968. The van der Waals surface area contributed by atoms with E-state index in [0.717, 1.165) is 0 Å². The van der Waals surface area contributed by atoms with Crippen molar-refractivity contribution in [2.45, 2.75) is 13.8 Å². The summed E-state index contributed by atoms with van der Waals surface area (Å²) < 4.78 is 4.60. The Kier molecular flexibility index (Phi) is 6.56. The smallest absolute Gasteiger partial charge is 0.337 e. The zero-order valence-electron chi connectivity index (χ0n) is 12.7. The number of carbonyl (C=O) groups is 1. The van der Waals surface area contributed by atoms with Gasteiger partial charge < -0.3 is 10.1 Å². The van der Waals surface area contributed by atoms with Gasteiger partial charge in [-0.2, -0.15) is 0 Å². The molecule has 2 aromatic rings. The van der Waals surface area contributed by atoms with E-state index < -0.39 is 10.9 Å². The summed E-state index contributed by atoms with van der Waals surface area (Å²) in [5, 5.41) is 13.8. The van der Waals surface area contributed by atoms with Gasteiger partial charge in [0.05, 0.1) is 17.6 Å². The Hall–Kier alpha value is -2.89. The zero-order valence-corrected chi connectivity index (χ0v) is 12.7. The third kappa shape index (κ3) is 4.31. The number of nitrogens with zero attached hydrogens (tertiary/aromatic N) is 1. The van der Waals surface area contributed by atoms with Crippen LogP contribution < -0.4 is 5.32 Å². The van der Waals surface area contributed by atoms with Crippen molar-refractivity contribution >= 4 is 23.0 Å². The molecule has 0 aromatic heterocycles. The molecule has 6 heteroatoms. The minimum atomic E-state index is -0.453. The van der Waals surface area contributed by atoms with Crippen LogP contribution in [-0.4, -0.2) is 18.0 Å². The number of carbonyl (C=O) groups excluding carboxylic acids is 1. The van der Waals surface area contributed by atoms with Crippen LogP contribution in [-0.2, 0) is 4.74 Å². The average molecular weight is 302 g/mol. The molecule has 6 nitrogen and oxygen atoms in total. The van der Waals surface area contributed by atoms with Crippen molar-refractivity contribution in [3.05, 3.63) is 64.2 Å². The first-order valence-electron chi connectivity index (χ1n) is 6.80. The summed E-state index contributed by atoms with van der Waals surface area (Å²) in [6.07, 6.45) is 0. The number of anilines is 2. The largest absolute Gasteiger partial charge is 0.465 e. The number of rotatable bonds is 4. The molecule has 2 rings (SSSR count). The monoisotopic (exact) mass is 302 g/mol. The first kappa shape index (κ1) is 17.2. The topological polar surface area (TPSA) is 81.5 Å². The summed E-state index contributed by atoms with van der Waals surface area (Å²) >= 11 is 0. The number of para-hydroxylation sites is 2. The fourth-order valence-corrected chi connectivity index (χ4v) is 1.70. The Morgan fingerprint density at radius 2 is 1.68 bits per heavy atom. The number of benzene rings is 2. The third-order valence-electron chi connectivity index (χ3n) is 2.69. The van der Waals surface area contributed by atoms with Gasteiger partial charge in [-0.25, -0.2) is 4.79 Å². The summed E-state index contributed by atoms with van der Waals surface area (Å²) in [5.74, 6) is -0.428. The lowest BCUT2D eigenvalue weighted by molar-refractivity contribution is -0.383. The number of nitro benzene ring substituents is 1. The van der Waals surface area contributed by atoms with Gasteiger partial charge in [0.2, 0.25) is 0 Å². The third-order valence-corrected chi connectivity index (χ3v) is 2.69. The second-order valence-electron chi connectivity index (χ2n) is 3.97. The van der Waals surface area contributed by atoms with E-state index in [1.165, 1.54) is 13.2 Å². The van der Waals surface area contributed by atoms with Gasteiger partial charge in [-0.15, -0.1) is 0 Å². The van der Waals surface area contributed by atoms with Crippen LogP contribution in [0.3, 0.4) is 0 Å². The lowest BCUT2D eigenvalue weighted by atomic mass is 10.2. The highest BCUT2D eigenvalue weighted by Gasteiger charge is 2.12. The molecule has 0 bridgehead atoms. The standard InChI is InChI=1S/C14H12N2O4.C2H6/c1-20-14(17)10-6-8-11(9-7-10)15-12-4-2-3-5-13(12)16(18)19;1-2/h2-9,15H,1H3;1-2H3. The summed E-state index contributed by atoms with van der Waals surface area (Å²) in [6, 6.07) is 12.8. The Bertz CT molecular complexity index is 639. The molecule has 0 fully saturated rings. The number of nitrogens with one attached hydrogen (secondary N) is 1. The molecule has 0 spiro atoms. The predicted molar refractivity (Wildman–Crippen MR) is 85.5 cm³/mol. The van der Waals surface area contributed by atoms with Crippen LogP contribution in [0.4, 0.5) is 17.1 Å². The fourth-order valence-electron chi connectivity index (χ4n) is 1.70. The van der Waals surface area contributed by atoms with Gasteiger partial charge in [0.15, 0.2) is 0 Å². The highest BCUT2D eigenvalue weighted by atomic mass is 16.6. The molecule has 0 heterocycles. The molecule has 0 aliphatic rings. The van der Waals surface area contributed by atoms with Gasteiger partial charge >= 0.3 is 5.97 Å². The highest BCUT2D eigenvalue weighted by molar-refractivity contribution is 5.89. The summed E-state index contributed by atoms with van der Waals surface area (Å²) in [4.78, 5) is 21.7. The van der Waals surface area contributed by atoms with Crippen LogP contribution in [0.2, 0.25) is 0 Å². The van der Waals surface area contributed by atoms with Crippen LogP contribution in [0.25, 0.3) is 0 Å². The van der Waals surface area contributed by atoms with Gasteiger partial charge in [-0.05, 0) is 30.3 Å². The molecule has 0 radical (unpaired) electrons. The highest BCUT2D eigenvalue weighted by Crippen LogP contribution is 2.27. The van der Waals surface area contributed by atoms with Crippen molar-refractivity contribution in [2.24, 2.45) is 0 Å². The average Bonchev–Trinajstić information content (AvgIpc) is 2.57. The fraction of sp³-hybridized carbons (Fsp3) is 0.188. The van der Waals surface area contributed by atoms with Crippen molar-refractivity contribution in [1.82, 2.24) is 0 Å². The molecule has 116 valence electrons. The second-order valence-corrected chi connectivity index (χ2v) is 3.97. The predicted octanol–water partition coefficient (Wildman–Crippen LogP) is 4.15. The van der Waals surface area contributed by atoms with Crippen LogP contribution in [0.15, 0.2) is 48.5 Å². The number of esters is 1. The van der Waals surface area contributed by atoms with Gasteiger partial charge in [-0.3, -0.25) is 10.1 Å². The molecular weight excluding hydrogens is 284 g/mol. The maximum absolute atomic E-state index is 11.3. The van der Waals surface area contributed by atoms with E-state index in [9.17, 15) is 14.9 Å². The van der Waals surface area contributed by atoms with Crippen molar-refractivity contribution < 1.29 is 14.5 Å². The summed E-state index contributed by atoms with van der Waals surface area (Å²) in [6.45, 7) is 4.00. The van der Waals surface area contributed by atoms with E-state index in [-0.39, 0.29) is 5.69 Å². The molecule has 0 aliphatic carbocycles. The van der Waals surface area contributed by atoms with Gasteiger partial charge in [-0.1, -0.05) is 26.0 Å². The lowest BCUT2D eigenvalue weighted by Gasteiger charge is -2.07. The Morgan fingerprint density at radius 1 is 1.09 bits per heavy atom. The van der Waals surface area contributed by atoms with Gasteiger partial charge in [0.1, 0.15) is 5.69 Å². The normalized spacial score (nSPS) is 9.23. The minimum Gasteiger partial charge on any atom is -0.465 e. The molecule has 0 aliphatic heterocycles. The quantitative estimate of drug-likeness (QED) is 0.521. The van der Waals surface area contributed by atoms with Crippen LogP contribution >= 0.6 is 0 Å². The first-order valence-corrected chi connectivity index (χ1v) is 6.80. The van der Waals surface area contributed by atoms with Gasteiger partial charge in [0.25, 0.3) is 5.69 Å². The van der Waals surface area contributed by atoms with Crippen molar-refractivity contribution in [2.75, 3.05) is 12.4 Å². The number of methoxy groups -OCH3 is 1. The number of ether oxygens (including phenoxy) is 1. The molecule has 1 N–H and O–H groups in total. The molecule has 0 amide bonds. The summed E-state index contributed by atoms with van der Waals surface area (Å²) in [5.41, 5.74) is 1.44. The molecule has 22 heavy (non-hydrogen) atoms. The van der Waals surface area contributed by atoms with Crippen molar-refractivity contribution in [3.63, 3.8) is 0 Å². The van der Waals surface area contributed by atoms with E-state index in [2.05, 4.69) is 10.1 Å². The van der Waals surface area contributed by atoms with Gasteiger partial charge in [0, 0.05) is 11.8 Å². The molecule has 2 aromatic carbocycles. The van der Waals surface area contributed by atoms with E-state index in [4.69, 9.17) is 0 Å². The van der Waals surface area contributed by atoms with Crippen molar-refractivity contribution in [1.29, 1.82) is 0 Å². The second kappa shape index (κ2) is 8.41. The molecule has 0 saturated heterocycles. The number of nitro groups is 1. The van der Waals surface area contributed by atoms with Crippen LogP contribution in [0, 0.1) is 10.1 Å². The zero-order chi connectivity index (χ0) is 16.5. The Balaban J connectivity index is 0.00000116. The van der Waals surface area contributed by atoms with E-state index in [1.807, 2.05) is 13.8 Å². The van der Waals surface area contributed by atoms with Crippen LogP contribution in [0.1, 0.15) is 24.2 Å². The summed E-state index contributed by atoms with van der Waals surface area (Å²) in [7, 11) is 1.31.